The summed E-state index contributed by atoms with van der Waals surface area (Å²) >= 11 is 0. The summed E-state index contributed by atoms with van der Waals surface area (Å²) in [5.74, 6) is 0. The zero-order valence-electron chi connectivity index (χ0n) is 32.8. The van der Waals surface area contributed by atoms with Crippen LogP contribution in [0.15, 0.2) is 182 Å². The summed E-state index contributed by atoms with van der Waals surface area (Å²) in [5.41, 5.74) is 7.17. The van der Waals surface area contributed by atoms with E-state index < -0.39 is 0 Å². The number of nitrogens with zero attached hydrogens (tertiary/aromatic N) is 5. The Morgan fingerprint density at radius 3 is 0.982 bits per heavy atom. The Bertz CT molecular complexity index is 1760. The fraction of sp³-hybridized carbons (Fsp3) is 0.250. The standard InChI is InChI=1S/C48H55N6O3/c1-7-19-43(20-8-1)31-51(32-44-21-9-2-10-22-44)55-40-50-37-49-38-54(39-50,41-56-52(33-45-23-11-3-12-24-45)34-46-25-13-4-14-26-46)42-57-53(35-47-27-15-5-16-28-47)36-48-29-17-6-18-30-48/h1-30,49H,31-42H2/q+1. The summed E-state index contributed by atoms with van der Waals surface area (Å²) in [5, 5.41) is 9.91. The van der Waals surface area contributed by atoms with Crippen LogP contribution in [0.1, 0.15) is 33.4 Å². The van der Waals surface area contributed by atoms with Gasteiger partial charge in [0.25, 0.3) is 0 Å². The van der Waals surface area contributed by atoms with Crippen LogP contribution in [0.2, 0.25) is 0 Å². The minimum absolute atomic E-state index is 0.394. The monoisotopic (exact) mass is 763 g/mol. The molecule has 0 saturated carbocycles. The Balaban J connectivity index is 1.10. The maximum Gasteiger partial charge on any atom is 0.205 e. The number of quaternary nitrogens is 1. The first-order chi connectivity index (χ1) is 28.2. The molecule has 0 bridgehead atoms. The third-order valence-corrected chi connectivity index (χ3v) is 9.94. The minimum Gasteiger partial charge on any atom is -0.282 e. The van der Waals surface area contributed by atoms with E-state index in [0.29, 0.717) is 84.0 Å². The van der Waals surface area contributed by atoms with Crippen molar-refractivity contribution in [2.75, 3.05) is 40.2 Å². The molecule has 9 nitrogen and oxygen atoms in total. The van der Waals surface area contributed by atoms with Crippen molar-refractivity contribution in [2.24, 2.45) is 0 Å². The largest absolute Gasteiger partial charge is 0.282 e. The van der Waals surface area contributed by atoms with Gasteiger partial charge in [0.15, 0.2) is 0 Å². The van der Waals surface area contributed by atoms with Gasteiger partial charge in [0.05, 0.1) is 6.67 Å². The molecule has 0 aliphatic carbocycles. The van der Waals surface area contributed by atoms with Gasteiger partial charge in [0, 0.05) is 39.3 Å². The highest BCUT2D eigenvalue weighted by Gasteiger charge is 2.37. The van der Waals surface area contributed by atoms with Crippen molar-refractivity contribution in [1.29, 1.82) is 0 Å². The molecule has 1 fully saturated rings. The molecule has 0 aromatic heterocycles. The molecular weight excluding hydrogens is 709 g/mol. The third-order valence-electron chi connectivity index (χ3n) is 9.94. The van der Waals surface area contributed by atoms with E-state index in [9.17, 15) is 0 Å². The Morgan fingerprint density at radius 2 is 0.684 bits per heavy atom. The summed E-state index contributed by atoms with van der Waals surface area (Å²) in [6, 6.07) is 63.1. The molecule has 294 valence electrons. The second-order valence-corrected chi connectivity index (χ2v) is 14.8. The highest BCUT2D eigenvalue weighted by molar-refractivity contribution is 5.19. The van der Waals surface area contributed by atoms with Gasteiger partial charge in [0.2, 0.25) is 13.5 Å². The molecule has 6 aromatic rings. The second kappa shape index (κ2) is 21.5. The lowest BCUT2D eigenvalue weighted by atomic mass is 10.2. The first-order valence-corrected chi connectivity index (χ1v) is 19.8. The van der Waals surface area contributed by atoms with Crippen molar-refractivity contribution in [3.8, 4) is 0 Å². The van der Waals surface area contributed by atoms with Gasteiger partial charge in [-0.1, -0.05) is 182 Å². The van der Waals surface area contributed by atoms with Crippen molar-refractivity contribution in [2.45, 2.75) is 39.3 Å². The lowest BCUT2D eigenvalue weighted by molar-refractivity contribution is -0.986. The summed E-state index contributed by atoms with van der Waals surface area (Å²) in [7, 11) is 0. The van der Waals surface area contributed by atoms with Gasteiger partial charge < -0.3 is 0 Å². The molecule has 1 aliphatic rings. The van der Waals surface area contributed by atoms with E-state index in [-0.39, 0.29) is 0 Å². The average molecular weight is 764 g/mol. The van der Waals surface area contributed by atoms with E-state index in [1.165, 1.54) is 33.4 Å². The normalized spacial score (nSPS) is 14.4. The molecule has 0 spiro atoms. The van der Waals surface area contributed by atoms with Gasteiger partial charge in [-0.2, -0.15) is 15.2 Å². The Kier molecular flexibility index (Phi) is 15.1. The quantitative estimate of drug-likeness (QED) is 0.0581. The Morgan fingerprint density at radius 1 is 0.404 bits per heavy atom. The van der Waals surface area contributed by atoms with E-state index in [1.807, 2.05) is 0 Å². The summed E-state index contributed by atoms with van der Waals surface area (Å²) < 4.78 is 0.487. The predicted molar refractivity (Wildman–Crippen MR) is 224 cm³/mol. The number of hydroxylamine groups is 6. The molecule has 1 heterocycles. The smallest absolute Gasteiger partial charge is 0.205 e. The number of nitrogens with one attached hydrogen (secondary N) is 1. The SMILES string of the molecule is c1ccc(CN(Cc2ccccc2)OCN2CNC[N+](CON(Cc3ccccc3)Cc3ccccc3)(CON(Cc3ccccc3)Cc3ccccc3)C2)cc1. The number of hydrogen-bond acceptors (Lipinski definition) is 8. The molecule has 7 rings (SSSR count). The summed E-state index contributed by atoms with van der Waals surface area (Å²) in [4.78, 5) is 22.7. The molecule has 0 amide bonds. The zero-order valence-corrected chi connectivity index (χ0v) is 32.8. The first kappa shape index (κ1) is 40.2. The van der Waals surface area contributed by atoms with Crippen molar-refractivity contribution >= 4 is 0 Å². The molecule has 57 heavy (non-hydrogen) atoms. The molecule has 9 heteroatoms. The van der Waals surface area contributed by atoms with Crippen LogP contribution in [0.3, 0.4) is 0 Å². The van der Waals surface area contributed by atoms with Crippen LogP contribution < -0.4 is 5.32 Å². The highest BCUT2D eigenvalue weighted by atomic mass is 16.7. The van der Waals surface area contributed by atoms with E-state index in [1.54, 1.807) is 0 Å². The van der Waals surface area contributed by atoms with Gasteiger partial charge in [-0.25, -0.2) is 14.6 Å². The average Bonchev–Trinajstić information content (AvgIpc) is 3.26. The van der Waals surface area contributed by atoms with Gasteiger partial charge >= 0.3 is 0 Å². The fourth-order valence-electron chi connectivity index (χ4n) is 7.00. The Labute approximate surface area is 338 Å². The summed E-state index contributed by atoms with van der Waals surface area (Å²) in [6.45, 7) is 7.15. The van der Waals surface area contributed by atoms with Crippen LogP contribution in [0.5, 0.6) is 0 Å². The zero-order chi connectivity index (χ0) is 38.8. The maximum absolute atomic E-state index is 6.88. The van der Waals surface area contributed by atoms with E-state index in [2.05, 4.69) is 207 Å². The van der Waals surface area contributed by atoms with Gasteiger partial charge in [-0.05, 0) is 33.4 Å². The molecule has 0 atom stereocenters. The van der Waals surface area contributed by atoms with Crippen LogP contribution >= 0.6 is 0 Å². The van der Waals surface area contributed by atoms with E-state index >= 15 is 0 Å². The lowest BCUT2D eigenvalue weighted by Crippen LogP contribution is -2.67. The minimum atomic E-state index is 0.394. The molecule has 1 saturated heterocycles. The fourth-order valence-corrected chi connectivity index (χ4v) is 7.00. The van der Waals surface area contributed by atoms with Crippen molar-refractivity contribution in [3.63, 3.8) is 0 Å². The highest BCUT2D eigenvalue weighted by Crippen LogP contribution is 2.20. The molecule has 1 aliphatic heterocycles. The molecule has 6 aromatic carbocycles. The molecule has 1 N–H and O–H groups in total. The number of benzene rings is 6. The molecule has 0 unspecified atom stereocenters. The maximum atomic E-state index is 6.88. The lowest BCUT2D eigenvalue weighted by Gasteiger charge is -2.45. The van der Waals surface area contributed by atoms with Crippen LogP contribution in [-0.2, 0) is 53.8 Å². The van der Waals surface area contributed by atoms with Crippen molar-refractivity contribution in [1.82, 2.24) is 25.4 Å². The predicted octanol–water partition coefficient (Wildman–Crippen LogP) is 8.36. The van der Waals surface area contributed by atoms with E-state index in [4.69, 9.17) is 14.5 Å². The van der Waals surface area contributed by atoms with Gasteiger partial charge in [-0.3, -0.25) is 14.6 Å². The van der Waals surface area contributed by atoms with Crippen molar-refractivity contribution in [3.05, 3.63) is 215 Å². The first-order valence-electron chi connectivity index (χ1n) is 19.8. The van der Waals surface area contributed by atoms with E-state index in [0.717, 1.165) is 0 Å². The van der Waals surface area contributed by atoms with Crippen LogP contribution in [0.4, 0.5) is 0 Å². The van der Waals surface area contributed by atoms with Crippen LogP contribution in [0, 0.1) is 0 Å². The molecular formula is C48H55N6O3+. The second-order valence-electron chi connectivity index (χ2n) is 14.8. The van der Waals surface area contributed by atoms with Gasteiger partial charge in [0.1, 0.15) is 20.1 Å². The third kappa shape index (κ3) is 13.3. The van der Waals surface area contributed by atoms with Gasteiger partial charge in [-0.15, -0.1) is 0 Å². The summed E-state index contributed by atoms with van der Waals surface area (Å²) in [6.07, 6.45) is 0. The Hall–Kier alpha value is -5.04. The topological polar surface area (TPSA) is 52.7 Å². The molecule has 0 radical (unpaired) electrons. The van der Waals surface area contributed by atoms with Crippen LogP contribution in [-0.4, -0.2) is 64.8 Å². The number of rotatable bonds is 21. The van der Waals surface area contributed by atoms with Crippen LogP contribution in [0.25, 0.3) is 0 Å². The number of hydrogen-bond donors (Lipinski definition) is 1. The van der Waals surface area contributed by atoms with Crippen molar-refractivity contribution < 1.29 is 19.0 Å².